The molecule has 0 bridgehead atoms. The molecule has 27 heavy (non-hydrogen) atoms. The van der Waals surface area contributed by atoms with Crippen molar-refractivity contribution in [2.45, 2.75) is 24.6 Å². The lowest BCUT2D eigenvalue weighted by molar-refractivity contribution is -0.242. The molecule has 0 amide bonds. The van der Waals surface area contributed by atoms with Crippen LogP contribution in [0.3, 0.4) is 0 Å². The fourth-order valence-electron chi connectivity index (χ4n) is 3.09. The van der Waals surface area contributed by atoms with E-state index in [1.54, 1.807) is 12.1 Å². The van der Waals surface area contributed by atoms with Gasteiger partial charge in [0.15, 0.2) is 0 Å². The fourth-order valence-corrected chi connectivity index (χ4v) is 3.09. The van der Waals surface area contributed by atoms with Gasteiger partial charge in [-0.2, -0.15) is 0 Å². The maximum absolute atomic E-state index is 12.0. The summed E-state index contributed by atoms with van der Waals surface area (Å²) in [6.07, 6.45) is -5.10. The van der Waals surface area contributed by atoms with Gasteiger partial charge >= 0.3 is 5.63 Å². The van der Waals surface area contributed by atoms with E-state index in [1.807, 2.05) is 30.3 Å². The summed E-state index contributed by atoms with van der Waals surface area (Å²) in [6, 6.07) is 15.8. The van der Waals surface area contributed by atoms with Crippen molar-refractivity contribution in [3.05, 3.63) is 65.0 Å². The Bertz CT molecular complexity index is 998. The summed E-state index contributed by atoms with van der Waals surface area (Å²) >= 11 is 0. The van der Waals surface area contributed by atoms with E-state index in [9.17, 15) is 20.1 Å². The molecule has 0 spiro atoms. The third kappa shape index (κ3) is 3.45. The quantitative estimate of drug-likeness (QED) is 0.596. The van der Waals surface area contributed by atoms with Crippen molar-refractivity contribution in [3.8, 4) is 16.9 Å². The first kappa shape index (κ1) is 17.7. The Balaban J connectivity index is 1.68. The molecule has 1 fully saturated rings. The monoisotopic (exact) mass is 370 g/mol. The van der Waals surface area contributed by atoms with Crippen LogP contribution in [0.25, 0.3) is 22.1 Å². The number of aliphatic hydroxyl groups is 3. The average molecular weight is 370 g/mol. The molecule has 0 saturated carbocycles. The van der Waals surface area contributed by atoms with Crippen LogP contribution in [0.5, 0.6) is 5.75 Å². The molecule has 7 nitrogen and oxygen atoms in total. The van der Waals surface area contributed by atoms with Crippen molar-refractivity contribution in [1.82, 2.24) is 0 Å². The van der Waals surface area contributed by atoms with Gasteiger partial charge in [-0.25, -0.2) is 4.79 Å². The topological polar surface area (TPSA) is 109 Å². The van der Waals surface area contributed by atoms with Crippen LogP contribution < -0.4 is 10.4 Å². The number of ether oxygens (including phenoxy) is 2. The largest absolute Gasteiger partial charge is 0.462 e. The predicted molar refractivity (Wildman–Crippen MR) is 96.3 cm³/mol. The highest BCUT2D eigenvalue weighted by atomic mass is 16.7. The van der Waals surface area contributed by atoms with Gasteiger partial charge in [-0.05, 0) is 23.3 Å². The Hall–Kier alpha value is -2.71. The average Bonchev–Trinajstić information content (AvgIpc) is 2.68. The zero-order valence-electron chi connectivity index (χ0n) is 14.2. The molecule has 1 aromatic heterocycles. The van der Waals surface area contributed by atoms with Gasteiger partial charge in [-0.1, -0.05) is 30.3 Å². The van der Waals surface area contributed by atoms with Crippen LogP contribution in [-0.4, -0.2) is 46.5 Å². The molecule has 3 aromatic rings. The zero-order valence-corrected chi connectivity index (χ0v) is 14.2. The van der Waals surface area contributed by atoms with Crippen LogP contribution in [0.15, 0.2) is 63.8 Å². The first-order valence-electron chi connectivity index (χ1n) is 8.49. The molecule has 4 atom stereocenters. The van der Waals surface area contributed by atoms with Crippen LogP contribution in [0.4, 0.5) is 0 Å². The van der Waals surface area contributed by atoms with Crippen LogP contribution in [-0.2, 0) is 4.74 Å². The minimum Gasteiger partial charge on any atom is -0.462 e. The molecule has 7 heteroatoms. The second-order valence-corrected chi connectivity index (χ2v) is 6.37. The van der Waals surface area contributed by atoms with Crippen molar-refractivity contribution in [3.63, 3.8) is 0 Å². The molecular formula is C20H18O7. The minimum absolute atomic E-state index is 0.163. The van der Waals surface area contributed by atoms with Gasteiger partial charge in [-0.3, -0.25) is 0 Å². The number of hydrogen-bond acceptors (Lipinski definition) is 7. The maximum atomic E-state index is 12.0. The van der Waals surface area contributed by atoms with E-state index < -0.39 is 30.2 Å². The van der Waals surface area contributed by atoms with Crippen LogP contribution >= 0.6 is 0 Å². The molecule has 3 N–H and O–H groups in total. The third-order valence-corrected chi connectivity index (χ3v) is 4.51. The summed E-state index contributed by atoms with van der Waals surface area (Å²) in [5, 5.41) is 30.0. The summed E-state index contributed by atoms with van der Waals surface area (Å²) in [7, 11) is 0. The SMILES string of the molecule is O=c1cc(-c2ccccc2)c2ccc(O[C@@H]3OC[C@@H](O)[C@@H](O)[C@@H]3O)cc2o1. The molecule has 1 aliphatic rings. The molecule has 2 heterocycles. The standard InChI is InChI=1S/C20H18O7/c21-15-10-25-20(19(24)18(15)23)26-12-6-7-13-14(11-4-2-1-3-5-11)9-17(22)27-16(13)8-12/h1-9,15,18-21,23-24H,10H2/t15-,18-,19+,20+/m1/s1. The van der Waals surface area contributed by atoms with E-state index in [0.29, 0.717) is 11.3 Å². The Kier molecular flexibility index (Phi) is 4.67. The molecule has 1 saturated heterocycles. The third-order valence-electron chi connectivity index (χ3n) is 4.51. The number of rotatable bonds is 3. The van der Waals surface area contributed by atoms with E-state index in [-0.39, 0.29) is 6.61 Å². The lowest BCUT2D eigenvalue weighted by Crippen LogP contribution is -2.54. The van der Waals surface area contributed by atoms with Gasteiger partial charge in [0.05, 0.1) is 6.61 Å². The van der Waals surface area contributed by atoms with Crippen LogP contribution in [0.1, 0.15) is 0 Å². The number of fused-ring (bicyclic) bond motifs is 1. The minimum atomic E-state index is -1.41. The van der Waals surface area contributed by atoms with E-state index in [1.165, 1.54) is 12.1 Å². The van der Waals surface area contributed by atoms with E-state index in [4.69, 9.17) is 13.9 Å². The first-order chi connectivity index (χ1) is 13.0. The smallest absolute Gasteiger partial charge is 0.336 e. The molecule has 140 valence electrons. The Labute approximate surface area is 154 Å². The van der Waals surface area contributed by atoms with E-state index in [2.05, 4.69) is 0 Å². The fraction of sp³-hybridized carbons (Fsp3) is 0.250. The highest BCUT2D eigenvalue weighted by Crippen LogP contribution is 2.30. The number of hydrogen-bond donors (Lipinski definition) is 3. The first-order valence-corrected chi connectivity index (χ1v) is 8.49. The Morgan fingerprint density at radius 2 is 1.74 bits per heavy atom. The molecular weight excluding hydrogens is 352 g/mol. The van der Waals surface area contributed by atoms with Gasteiger partial charge in [-0.15, -0.1) is 0 Å². The molecule has 2 aromatic carbocycles. The molecule has 0 aliphatic carbocycles. The van der Waals surface area contributed by atoms with Crippen molar-refractivity contribution in [2.75, 3.05) is 6.61 Å². The van der Waals surface area contributed by atoms with Crippen molar-refractivity contribution in [1.29, 1.82) is 0 Å². The molecule has 0 radical (unpaired) electrons. The summed E-state index contributed by atoms with van der Waals surface area (Å²) in [5.41, 5.74) is 1.45. The number of aliphatic hydroxyl groups excluding tert-OH is 3. The van der Waals surface area contributed by atoms with Gasteiger partial charge in [0, 0.05) is 17.5 Å². The number of benzene rings is 2. The summed E-state index contributed by atoms with van der Waals surface area (Å²) < 4.78 is 16.1. The summed E-state index contributed by atoms with van der Waals surface area (Å²) in [5.74, 6) is 0.295. The van der Waals surface area contributed by atoms with E-state index >= 15 is 0 Å². The second-order valence-electron chi connectivity index (χ2n) is 6.37. The highest BCUT2D eigenvalue weighted by Gasteiger charge is 2.39. The molecule has 0 unspecified atom stereocenters. The van der Waals surface area contributed by atoms with Crippen LogP contribution in [0, 0.1) is 0 Å². The maximum Gasteiger partial charge on any atom is 0.336 e. The molecule has 4 rings (SSSR count). The van der Waals surface area contributed by atoms with Crippen molar-refractivity contribution < 1.29 is 29.2 Å². The van der Waals surface area contributed by atoms with E-state index in [0.717, 1.165) is 16.5 Å². The van der Waals surface area contributed by atoms with Gasteiger partial charge in [0.1, 0.15) is 29.6 Å². The highest BCUT2D eigenvalue weighted by molar-refractivity contribution is 5.93. The van der Waals surface area contributed by atoms with Crippen LogP contribution in [0.2, 0.25) is 0 Å². The lowest BCUT2D eigenvalue weighted by atomic mass is 10.0. The lowest BCUT2D eigenvalue weighted by Gasteiger charge is -2.34. The Morgan fingerprint density at radius 1 is 0.963 bits per heavy atom. The summed E-state index contributed by atoms with van der Waals surface area (Å²) in [6.45, 7) is -0.163. The second kappa shape index (κ2) is 7.13. The zero-order chi connectivity index (χ0) is 19.0. The Morgan fingerprint density at radius 3 is 2.52 bits per heavy atom. The van der Waals surface area contributed by atoms with Crippen molar-refractivity contribution in [2.24, 2.45) is 0 Å². The molecule has 1 aliphatic heterocycles. The van der Waals surface area contributed by atoms with Gasteiger partial charge in [0.25, 0.3) is 0 Å². The summed E-state index contributed by atoms with van der Waals surface area (Å²) in [4.78, 5) is 12.0. The van der Waals surface area contributed by atoms with Crippen molar-refractivity contribution >= 4 is 11.0 Å². The van der Waals surface area contributed by atoms with Gasteiger partial charge in [0.2, 0.25) is 6.29 Å². The normalized spacial score (nSPS) is 25.4. The predicted octanol–water partition coefficient (Wildman–Crippen LogP) is 1.28. The van der Waals surface area contributed by atoms with Gasteiger partial charge < -0.3 is 29.2 Å².